The summed E-state index contributed by atoms with van der Waals surface area (Å²) in [6.07, 6.45) is 1.81. The first-order valence-electron chi connectivity index (χ1n) is 9.76. The Kier molecular flexibility index (Phi) is 7.46. The molecule has 3 rings (SSSR count). The maximum absolute atomic E-state index is 12.5. The number of nitrogens with two attached hydrogens (primary N) is 1. The number of carbonyl (C=O) groups is 1. The van der Waals surface area contributed by atoms with Crippen molar-refractivity contribution in [2.75, 3.05) is 38.4 Å². The van der Waals surface area contributed by atoms with E-state index < -0.39 is 0 Å². The fraction of sp³-hybridized carbons (Fsp3) is 0.429. The Morgan fingerprint density at radius 1 is 1.40 bits per heavy atom. The number of rotatable bonds is 5. The average Bonchev–Trinajstić information content (AvgIpc) is 2.73. The summed E-state index contributed by atoms with van der Waals surface area (Å²) in [6.45, 7) is 5.70. The lowest BCUT2D eigenvalue weighted by molar-refractivity contribution is 0.122. The second-order valence-electron chi connectivity index (χ2n) is 7.30. The van der Waals surface area contributed by atoms with Crippen LogP contribution in [0.2, 0.25) is 5.02 Å². The predicted octanol–water partition coefficient (Wildman–Crippen LogP) is 4.24. The van der Waals surface area contributed by atoms with Gasteiger partial charge in [0.05, 0.1) is 13.2 Å². The van der Waals surface area contributed by atoms with Crippen LogP contribution in [-0.4, -0.2) is 53.1 Å². The number of carbonyl (C=O) groups excluding carboxylic acids is 1. The van der Waals surface area contributed by atoms with E-state index >= 15 is 0 Å². The molecule has 1 aromatic carbocycles. The Labute approximate surface area is 186 Å². The summed E-state index contributed by atoms with van der Waals surface area (Å²) in [4.78, 5) is 19.0. The second-order valence-corrected chi connectivity index (χ2v) is 8.49. The van der Waals surface area contributed by atoms with Crippen LogP contribution in [0.25, 0.3) is 0 Å². The number of aryl methyl sites for hydroxylation is 1. The number of hydrogen-bond donors (Lipinski definition) is 2. The quantitative estimate of drug-likeness (QED) is 0.706. The largest absolute Gasteiger partial charge is 0.479 e. The van der Waals surface area contributed by atoms with E-state index in [1.54, 1.807) is 13.4 Å². The number of hydrogen-bond acceptors (Lipinski definition) is 7. The first-order chi connectivity index (χ1) is 14.3. The molecule has 1 aromatic heterocycles. The van der Waals surface area contributed by atoms with Crippen LogP contribution in [0.4, 0.5) is 10.5 Å². The smallest absolute Gasteiger partial charge is 0.281 e. The molecule has 1 amide bonds. The van der Waals surface area contributed by atoms with E-state index in [0.29, 0.717) is 30.5 Å². The van der Waals surface area contributed by atoms with E-state index in [0.717, 1.165) is 22.5 Å². The summed E-state index contributed by atoms with van der Waals surface area (Å²) in [7, 11) is 1.60. The normalized spacial score (nSPS) is 18.2. The molecule has 2 heterocycles. The minimum atomic E-state index is -0.140. The van der Waals surface area contributed by atoms with Crippen molar-refractivity contribution in [1.29, 1.82) is 0 Å². The minimum Gasteiger partial charge on any atom is -0.479 e. The Morgan fingerprint density at radius 2 is 2.17 bits per heavy atom. The lowest BCUT2D eigenvalue weighted by atomic mass is 10.0. The van der Waals surface area contributed by atoms with Crippen LogP contribution < -0.4 is 15.9 Å². The summed E-state index contributed by atoms with van der Waals surface area (Å²) in [5, 5.41) is 2.78. The molecule has 2 unspecified atom stereocenters. The number of methoxy groups -OCH3 is 1. The monoisotopic (exact) mass is 449 g/mol. The molecular weight excluding hydrogens is 422 g/mol. The molecule has 2 aromatic rings. The molecule has 0 radical (unpaired) electrons. The van der Waals surface area contributed by atoms with Gasteiger partial charge in [0, 0.05) is 36.4 Å². The zero-order valence-electron chi connectivity index (χ0n) is 17.7. The van der Waals surface area contributed by atoms with Gasteiger partial charge in [-0.3, -0.25) is 4.79 Å². The van der Waals surface area contributed by atoms with Gasteiger partial charge in [-0.2, -0.15) is 0 Å². The van der Waals surface area contributed by atoms with Crippen molar-refractivity contribution >= 4 is 34.3 Å². The van der Waals surface area contributed by atoms with Gasteiger partial charge in [0.25, 0.3) is 5.24 Å². The molecule has 1 aliphatic rings. The van der Waals surface area contributed by atoms with Gasteiger partial charge in [-0.05, 0) is 49.4 Å². The zero-order valence-corrected chi connectivity index (χ0v) is 19.3. The molecule has 1 saturated heterocycles. The van der Waals surface area contributed by atoms with Gasteiger partial charge < -0.3 is 20.8 Å². The number of benzene rings is 1. The highest BCUT2D eigenvalue weighted by Crippen LogP contribution is 2.32. The topological polar surface area (TPSA) is 83.7 Å². The predicted molar refractivity (Wildman–Crippen MR) is 123 cm³/mol. The summed E-state index contributed by atoms with van der Waals surface area (Å²) in [5.41, 5.74) is 13.1. The van der Waals surface area contributed by atoms with Crippen LogP contribution in [0.1, 0.15) is 35.8 Å². The van der Waals surface area contributed by atoms with E-state index in [-0.39, 0.29) is 17.3 Å². The fourth-order valence-electron chi connectivity index (χ4n) is 3.69. The lowest BCUT2D eigenvalue weighted by Crippen LogP contribution is -2.51. The Hall–Kier alpha value is -2.00. The SMILES string of the molecule is COc1nc(C)c(C(C)N)cc1NN1CCN(C(=O)SC)C(c2cccc(Cl)c2)C1. The van der Waals surface area contributed by atoms with E-state index in [1.165, 1.54) is 11.8 Å². The Bertz CT molecular complexity index is 911. The number of nitrogens with one attached hydrogen (secondary N) is 1. The number of thioether (sulfide) groups is 1. The minimum absolute atomic E-state index is 0.0495. The van der Waals surface area contributed by atoms with Crippen molar-refractivity contribution in [3.8, 4) is 5.88 Å². The van der Waals surface area contributed by atoms with Crippen LogP contribution in [-0.2, 0) is 0 Å². The summed E-state index contributed by atoms with van der Waals surface area (Å²) < 4.78 is 5.48. The number of hydrazine groups is 1. The summed E-state index contributed by atoms with van der Waals surface area (Å²) >= 11 is 7.44. The molecule has 0 spiro atoms. The molecule has 2 atom stereocenters. The molecule has 0 aliphatic carbocycles. The standard InChI is InChI=1S/C21H28ClN5O2S/c1-13(23)17-11-18(20(29-3)24-14(17)2)25-26-8-9-27(21(28)30-4)19(12-26)15-6-5-7-16(22)10-15/h5-7,10-11,13,19,25H,8-9,12,23H2,1-4H3. The molecule has 7 nitrogen and oxygen atoms in total. The molecular formula is C21H28ClN5O2S. The van der Waals surface area contributed by atoms with Crippen molar-refractivity contribution in [2.24, 2.45) is 5.73 Å². The molecule has 162 valence electrons. The Balaban J connectivity index is 1.88. The number of nitrogens with zero attached hydrogens (tertiary/aromatic N) is 3. The van der Waals surface area contributed by atoms with Gasteiger partial charge in [0.1, 0.15) is 5.69 Å². The van der Waals surface area contributed by atoms with Crippen LogP contribution >= 0.6 is 23.4 Å². The maximum Gasteiger partial charge on any atom is 0.281 e. The number of amides is 1. The molecule has 0 bridgehead atoms. The number of aromatic nitrogens is 1. The highest BCUT2D eigenvalue weighted by molar-refractivity contribution is 8.12. The molecule has 0 saturated carbocycles. The van der Waals surface area contributed by atoms with E-state index in [1.807, 2.05) is 49.1 Å². The molecule has 1 fully saturated rings. The molecule has 1 aliphatic heterocycles. The molecule has 30 heavy (non-hydrogen) atoms. The van der Waals surface area contributed by atoms with Crippen LogP contribution in [0.3, 0.4) is 0 Å². The van der Waals surface area contributed by atoms with Crippen molar-refractivity contribution in [3.63, 3.8) is 0 Å². The van der Waals surface area contributed by atoms with Gasteiger partial charge in [-0.1, -0.05) is 35.5 Å². The van der Waals surface area contributed by atoms with Gasteiger partial charge >= 0.3 is 0 Å². The number of halogens is 1. The van der Waals surface area contributed by atoms with Crippen molar-refractivity contribution in [3.05, 3.63) is 52.2 Å². The Morgan fingerprint density at radius 3 is 2.80 bits per heavy atom. The van der Waals surface area contributed by atoms with Gasteiger partial charge in [0.2, 0.25) is 5.88 Å². The van der Waals surface area contributed by atoms with Crippen molar-refractivity contribution in [2.45, 2.75) is 25.9 Å². The number of pyridine rings is 1. The van der Waals surface area contributed by atoms with Gasteiger partial charge in [-0.25, -0.2) is 9.99 Å². The number of anilines is 1. The third-order valence-electron chi connectivity index (χ3n) is 5.20. The fourth-order valence-corrected chi connectivity index (χ4v) is 4.34. The van der Waals surface area contributed by atoms with Gasteiger partial charge in [0.15, 0.2) is 0 Å². The van der Waals surface area contributed by atoms with Crippen LogP contribution in [0.5, 0.6) is 5.88 Å². The third kappa shape index (κ3) is 5.00. The van der Waals surface area contributed by atoms with E-state index in [9.17, 15) is 4.79 Å². The maximum atomic E-state index is 12.5. The first-order valence-corrected chi connectivity index (χ1v) is 11.4. The summed E-state index contributed by atoms with van der Waals surface area (Å²) in [5.74, 6) is 0.513. The molecule has 9 heteroatoms. The van der Waals surface area contributed by atoms with Gasteiger partial charge in [-0.15, -0.1) is 0 Å². The highest BCUT2D eigenvalue weighted by atomic mass is 35.5. The first kappa shape index (κ1) is 22.7. The highest BCUT2D eigenvalue weighted by Gasteiger charge is 2.32. The van der Waals surface area contributed by atoms with Crippen molar-refractivity contribution in [1.82, 2.24) is 14.9 Å². The lowest BCUT2D eigenvalue weighted by Gasteiger charge is -2.41. The second kappa shape index (κ2) is 9.87. The summed E-state index contributed by atoms with van der Waals surface area (Å²) in [6, 6.07) is 9.39. The number of piperazine rings is 1. The number of ether oxygens (including phenoxy) is 1. The van der Waals surface area contributed by atoms with Crippen LogP contribution in [0, 0.1) is 6.92 Å². The van der Waals surface area contributed by atoms with Crippen molar-refractivity contribution < 1.29 is 9.53 Å². The van der Waals surface area contributed by atoms with E-state index in [2.05, 4.69) is 15.4 Å². The van der Waals surface area contributed by atoms with Crippen LogP contribution in [0.15, 0.2) is 30.3 Å². The zero-order chi connectivity index (χ0) is 21.8. The third-order valence-corrected chi connectivity index (χ3v) is 6.02. The molecule has 3 N–H and O–H groups in total. The van der Waals surface area contributed by atoms with E-state index in [4.69, 9.17) is 22.1 Å². The average molecular weight is 450 g/mol.